The van der Waals surface area contributed by atoms with Gasteiger partial charge in [-0.1, -0.05) is 19.8 Å². The molecule has 0 aromatic heterocycles. The average molecular weight is 357 g/mol. The van der Waals surface area contributed by atoms with Crippen LogP contribution in [0.3, 0.4) is 0 Å². The third-order valence-corrected chi connectivity index (χ3v) is 5.56. The summed E-state index contributed by atoms with van der Waals surface area (Å²) >= 11 is 0. The first-order valence-corrected chi connectivity index (χ1v) is 8.73. The second-order valence-corrected chi connectivity index (χ2v) is 6.90. The number of nitrogens with one attached hydrogen (secondary N) is 3. The van der Waals surface area contributed by atoms with Gasteiger partial charge in [0.05, 0.1) is 5.92 Å². The van der Waals surface area contributed by atoms with Crippen molar-refractivity contribution in [3.8, 4) is 6.07 Å². The van der Waals surface area contributed by atoms with Gasteiger partial charge in [0, 0.05) is 17.3 Å². The van der Waals surface area contributed by atoms with Gasteiger partial charge in [0.1, 0.15) is 22.9 Å². The Morgan fingerprint density at radius 2 is 2.23 bits per heavy atom. The molecule has 3 heterocycles. The molecule has 0 bridgehead atoms. The van der Waals surface area contributed by atoms with E-state index in [9.17, 15) is 14.4 Å². The van der Waals surface area contributed by atoms with Gasteiger partial charge in [0.25, 0.3) is 0 Å². The number of benzene rings is 1. The maximum absolute atomic E-state index is 14.1. The van der Waals surface area contributed by atoms with Gasteiger partial charge in [-0.3, -0.25) is 10.2 Å². The zero-order valence-electron chi connectivity index (χ0n) is 14.3. The number of nitriles is 1. The Kier molecular flexibility index (Phi) is 3.86. The van der Waals surface area contributed by atoms with Crippen molar-refractivity contribution in [1.29, 1.82) is 5.26 Å². The van der Waals surface area contributed by atoms with Crippen molar-refractivity contribution in [2.75, 3.05) is 5.32 Å². The first-order chi connectivity index (χ1) is 12.5. The van der Waals surface area contributed by atoms with E-state index >= 15 is 0 Å². The van der Waals surface area contributed by atoms with Crippen LogP contribution in [0.15, 0.2) is 29.7 Å². The van der Waals surface area contributed by atoms with E-state index in [0.29, 0.717) is 11.3 Å². The van der Waals surface area contributed by atoms with Crippen LogP contribution in [0.5, 0.6) is 0 Å². The second-order valence-electron chi connectivity index (χ2n) is 6.90. The number of carbonyl (C=O) groups excluding carboxylic acids is 1. The lowest BCUT2D eigenvalue weighted by atomic mass is 9.62. The highest BCUT2D eigenvalue weighted by atomic mass is 19.1. The van der Waals surface area contributed by atoms with E-state index in [-0.39, 0.29) is 23.4 Å². The van der Waals surface area contributed by atoms with Crippen molar-refractivity contribution in [3.63, 3.8) is 0 Å². The van der Waals surface area contributed by atoms with Gasteiger partial charge >= 0.3 is 0 Å². The number of hydrazine groups is 1. The molecule has 1 saturated heterocycles. The molecule has 8 heteroatoms. The minimum atomic E-state index is -1.38. The van der Waals surface area contributed by atoms with Gasteiger partial charge in [0.15, 0.2) is 6.23 Å². The third-order valence-electron chi connectivity index (χ3n) is 5.56. The van der Waals surface area contributed by atoms with E-state index in [1.54, 1.807) is 0 Å². The topological polar surface area (TPSA) is 112 Å². The summed E-state index contributed by atoms with van der Waals surface area (Å²) in [7, 11) is 0. The highest BCUT2D eigenvalue weighted by Crippen LogP contribution is 2.54. The van der Waals surface area contributed by atoms with E-state index in [4.69, 9.17) is 10.5 Å². The van der Waals surface area contributed by atoms with Crippen LogP contribution in [-0.2, 0) is 14.9 Å². The van der Waals surface area contributed by atoms with Gasteiger partial charge in [-0.05, 0) is 24.6 Å². The summed E-state index contributed by atoms with van der Waals surface area (Å²) in [5, 5.41) is 12.6. The summed E-state index contributed by atoms with van der Waals surface area (Å²) in [6.07, 6.45) is 2.13. The molecule has 4 rings (SSSR count). The molecule has 1 spiro atoms. The van der Waals surface area contributed by atoms with Crippen LogP contribution in [0.1, 0.15) is 31.7 Å². The third kappa shape index (κ3) is 2.08. The van der Waals surface area contributed by atoms with E-state index in [2.05, 4.69) is 29.2 Å². The van der Waals surface area contributed by atoms with E-state index in [1.165, 1.54) is 18.2 Å². The molecule has 7 nitrogen and oxygen atoms in total. The van der Waals surface area contributed by atoms with Crippen LogP contribution in [0.25, 0.3) is 0 Å². The lowest BCUT2D eigenvalue weighted by Gasteiger charge is -2.42. The Morgan fingerprint density at radius 1 is 1.42 bits per heavy atom. The molecule has 5 N–H and O–H groups in total. The predicted octanol–water partition coefficient (Wildman–Crippen LogP) is 1.35. The number of carbonyl (C=O) groups is 1. The highest BCUT2D eigenvalue weighted by molar-refractivity contribution is 6.10. The van der Waals surface area contributed by atoms with Crippen LogP contribution in [0.4, 0.5) is 10.1 Å². The number of nitrogens with zero attached hydrogens (tertiary/aromatic N) is 1. The fourth-order valence-electron chi connectivity index (χ4n) is 4.46. The molecule has 1 aromatic carbocycles. The quantitative estimate of drug-likeness (QED) is 0.650. The number of halogens is 1. The largest absolute Gasteiger partial charge is 0.458 e. The Labute approximate surface area is 150 Å². The number of amides is 1. The van der Waals surface area contributed by atoms with Gasteiger partial charge in [-0.15, -0.1) is 0 Å². The average Bonchev–Trinajstić information content (AvgIpc) is 3.13. The molecular formula is C18H20FN5O2. The Morgan fingerprint density at radius 3 is 2.96 bits per heavy atom. The van der Waals surface area contributed by atoms with Crippen LogP contribution in [0, 0.1) is 23.1 Å². The molecule has 26 heavy (non-hydrogen) atoms. The lowest BCUT2D eigenvalue weighted by molar-refractivity contribution is -0.124. The monoisotopic (exact) mass is 357 g/mol. The zero-order chi connectivity index (χ0) is 18.5. The molecule has 0 saturated carbocycles. The molecule has 4 unspecified atom stereocenters. The lowest BCUT2D eigenvalue weighted by Crippen LogP contribution is -2.56. The summed E-state index contributed by atoms with van der Waals surface area (Å²) < 4.78 is 19.8. The number of nitrogens with two attached hydrogens (primary N) is 1. The molecule has 1 aromatic rings. The standard InChI is InChI=1S/C18H20FN5O2/c1-2-3-4-13-14-16(24-23-13)26-15(21)11(8-20)18(14)10-7-9(19)5-6-12(10)22-17(18)25/h5-7,13-14,16,23-24H,2-4,21H2,1H3,(H,22,25). The van der Waals surface area contributed by atoms with Crippen LogP contribution < -0.4 is 21.9 Å². The molecule has 4 atom stereocenters. The molecule has 0 aliphatic carbocycles. The number of hydrogen-bond donors (Lipinski definition) is 4. The minimum Gasteiger partial charge on any atom is -0.458 e. The summed E-state index contributed by atoms with van der Waals surface area (Å²) in [5.74, 6) is -1.38. The van der Waals surface area contributed by atoms with Gasteiger partial charge in [-0.25, -0.2) is 9.82 Å². The van der Waals surface area contributed by atoms with Crippen molar-refractivity contribution in [2.45, 2.75) is 43.9 Å². The van der Waals surface area contributed by atoms with E-state index in [0.717, 1.165) is 19.3 Å². The van der Waals surface area contributed by atoms with E-state index in [1.807, 2.05) is 0 Å². The van der Waals surface area contributed by atoms with Crippen LogP contribution >= 0.6 is 0 Å². The Balaban J connectivity index is 1.95. The summed E-state index contributed by atoms with van der Waals surface area (Å²) in [6.45, 7) is 2.08. The molecule has 3 aliphatic rings. The summed E-state index contributed by atoms with van der Waals surface area (Å²) in [6, 6.07) is 6.05. The Bertz CT molecular complexity index is 848. The molecule has 1 fully saturated rings. The fraction of sp³-hybridized carbons (Fsp3) is 0.444. The van der Waals surface area contributed by atoms with Crippen LogP contribution in [0.2, 0.25) is 0 Å². The van der Waals surface area contributed by atoms with Crippen molar-refractivity contribution < 1.29 is 13.9 Å². The highest BCUT2D eigenvalue weighted by Gasteiger charge is 2.65. The minimum absolute atomic E-state index is 0.0348. The molecule has 0 radical (unpaired) electrons. The van der Waals surface area contributed by atoms with E-state index < -0.39 is 23.4 Å². The summed E-state index contributed by atoms with van der Waals surface area (Å²) in [4.78, 5) is 13.2. The number of rotatable bonds is 3. The Hall–Kier alpha value is -2.63. The number of fused-ring (bicyclic) bond motifs is 4. The zero-order valence-corrected chi connectivity index (χ0v) is 14.3. The number of anilines is 1. The van der Waals surface area contributed by atoms with Gasteiger partial charge in [0.2, 0.25) is 11.8 Å². The summed E-state index contributed by atoms with van der Waals surface area (Å²) in [5.41, 5.74) is 11.8. The SMILES string of the molecule is CCCCC1NNC2OC(N)=C(C#N)C3(C(=O)Nc4ccc(F)cc43)C12. The molecule has 136 valence electrons. The smallest absolute Gasteiger partial charge is 0.241 e. The number of unbranched alkanes of at least 4 members (excludes halogenated alkanes) is 1. The number of hydrogen-bond acceptors (Lipinski definition) is 6. The van der Waals surface area contributed by atoms with Crippen molar-refractivity contribution in [3.05, 3.63) is 41.0 Å². The normalized spacial score (nSPS) is 32.0. The first kappa shape index (κ1) is 16.8. The maximum Gasteiger partial charge on any atom is 0.241 e. The number of ether oxygens (including phenoxy) is 1. The maximum atomic E-state index is 14.1. The fourth-order valence-corrected chi connectivity index (χ4v) is 4.46. The van der Waals surface area contributed by atoms with Crippen molar-refractivity contribution >= 4 is 11.6 Å². The van der Waals surface area contributed by atoms with Gasteiger partial charge < -0.3 is 15.8 Å². The van der Waals surface area contributed by atoms with Crippen LogP contribution in [-0.4, -0.2) is 18.2 Å². The molecule has 3 aliphatic heterocycles. The van der Waals surface area contributed by atoms with Crippen molar-refractivity contribution in [2.24, 2.45) is 11.7 Å². The molecular weight excluding hydrogens is 337 g/mol. The molecule has 1 amide bonds. The first-order valence-electron chi connectivity index (χ1n) is 8.73. The van der Waals surface area contributed by atoms with Gasteiger partial charge in [-0.2, -0.15) is 5.26 Å². The predicted molar refractivity (Wildman–Crippen MR) is 91.5 cm³/mol. The second kappa shape index (κ2) is 5.97. The van der Waals surface area contributed by atoms with Crippen molar-refractivity contribution in [1.82, 2.24) is 10.9 Å².